The Hall–Kier alpha value is -2.37. The Morgan fingerprint density at radius 3 is 2.54 bits per heavy atom. The quantitative estimate of drug-likeness (QED) is 0.859. The molecule has 0 saturated carbocycles. The third kappa shape index (κ3) is 3.91. The highest BCUT2D eigenvalue weighted by Gasteiger charge is 2.44. The Kier molecular flexibility index (Phi) is 5.64. The van der Waals surface area contributed by atoms with Crippen LogP contribution < -0.4 is 5.32 Å². The minimum Gasteiger partial charge on any atom is -0.354 e. The molecule has 0 spiro atoms. The number of amides is 3. The van der Waals surface area contributed by atoms with Crippen molar-refractivity contribution >= 4 is 17.7 Å². The smallest absolute Gasteiger partial charge is 0.226 e. The summed E-state index contributed by atoms with van der Waals surface area (Å²) in [6.45, 7) is 2.66. The van der Waals surface area contributed by atoms with Crippen molar-refractivity contribution in [1.82, 2.24) is 15.1 Å². The van der Waals surface area contributed by atoms with Crippen LogP contribution >= 0.6 is 0 Å². The van der Waals surface area contributed by atoms with Crippen molar-refractivity contribution in [3.8, 4) is 0 Å². The van der Waals surface area contributed by atoms with Crippen molar-refractivity contribution in [3.63, 3.8) is 0 Å². The molecule has 0 bridgehead atoms. The van der Waals surface area contributed by atoms with Crippen LogP contribution in [0.2, 0.25) is 0 Å². The third-order valence-corrected chi connectivity index (χ3v) is 6.55. The van der Waals surface area contributed by atoms with Crippen LogP contribution in [0.15, 0.2) is 30.3 Å². The molecule has 3 aliphatic heterocycles. The Labute approximate surface area is 166 Å². The molecule has 3 amide bonds. The van der Waals surface area contributed by atoms with Crippen LogP contribution in [0.3, 0.4) is 0 Å². The van der Waals surface area contributed by atoms with Gasteiger partial charge in [0, 0.05) is 38.5 Å². The van der Waals surface area contributed by atoms with E-state index in [1.807, 2.05) is 40.1 Å². The molecular formula is C22H29N3O3. The van der Waals surface area contributed by atoms with E-state index in [0.717, 1.165) is 38.6 Å². The molecule has 1 aromatic rings. The standard InChI is InChI=1S/C22H29N3O3/c26-20(9-8-16-5-2-1-3-6-16)24-13-10-17(11-14-24)22(28)25-12-4-7-18-19(25)15-23-21(18)27/h1-3,5-6,17-19H,4,7-15H2,(H,23,27). The number of carbonyl (C=O) groups excluding carboxylic acids is 3. The lowest BCUT2D eigenvalue weighted by Crippen LogP contribution is -2.52. The van der Waals surface area contributed by atoms with Gasteiger partial charge in [-0.25, -0.2) is 0 Å². The number of hydrogen-bond acceptors (Lipinski definition) is 3. The summed E-state index contributed by atoms with van der Waals surface area (Å²) in [7, 11) is 0. The number of piperidine rings is 2. The fourth-order valence-electron chi connectivity index (χ4n) is 4.89. The fraction of sp³-hybridized carbons (Fsp3) is 0.591. The van der Waals surface area contributed by atoms with Crippen LogP contribution in [0.5, 0.6) is 0 Å². The van der Waals surface area contributed by atoms with Crippen molar-refractivity contribution in [2.45, 2.75) is 44.6 Å². The lowest BCUT2D eigenvalue weighted by Gasteiger charge is -2.40. The molecular weight excluding hydrogens is 354 g/mol. The fourth-order valence-corrected chi connectivity index (χ4v) is 4.89. The maximum atomic E-state index is 13.1. The van der Waals surface area contributed by atoms with E-state index in [-0.39, 0.29) is 35.6 Å². The number of benzene rings is 1. The molecule has 2 unspecified atom stereocenters. The minimum absolute atomic E-state index is 0.0207. The van der Waals surface area contributed by atoms with Gasteiger partial charge >= 0.3 is 0 Å². The predicted octanol–water partition coefficient (Wildman–Crippen LogP) is 1.59. The number of nitrogens with zero attached hydrogens (tertiary/aromatic N) is 2. The van der Waals surface area contributed by atoms with Gasteiger partial charge in [-0.05, 0) is 37.7 Å². The highest BCUT2D eigenvalue weighted by molar-refractivity contribution is 5.85. The van der Waals surface area contributed by atoms with E-state index >= 15 is 0 Å². The summed E-state index contributed by atoms with van der Waals surface area (Å²) in [4.78, 5) is 41.4. The van der Waals surface area contributed by atoms with E-state index in [1.54, 1.807) is 0 Å². The van der Waals surface area contributed by atoms with Crippen molar-refractivity contribution in [1.29, 1.82) is 0 Å². The third-order valence-electron chi connectivity index (χ3n) is 6.55. The first-order valence-electron chi connectivity index (χ1n) is 10.5. The van der Waals surface area contributed by atoms with Crippen LogP contribution in [-0.4, -0.2) is 59.7 Å². The predicted molar refractivity (Wildman–Crippen MR) is 105 cm³/mol. The van der Waals surface area contributed by atoms with E-state index < -0.39 is 0 Å². The van der Waals surface area contributed by atoms with Crippen LogP contribution in [0.1, 0.15) is 37.7 Å². The van der Waals surface area contributed by atoms with Gasteiger partial charge in [0.05, 0.1) is 12.0 Å². The molecule has 6 heteroatoms. The highest BCUT2D eigenvalue weighted by atomic mass is 16.2. The topological polar surface area (TPSA) is 69.7 Å². The molecule has 3 heterocycles. The molecule has 28 heavy (non-hydrogen) atoms. The highest BCUT2D eigenvalue weighted by Crippen LogP contribution is 2.30. The molecule has 2 atom stereocenters. The zero-order chi connectivity index (χ0) is 19.5. The summed E-state index contributed by atoms with van der Waals surface area (Å²) < 4.78 is 0. The van der Waals surface area contributed by atoms with Gasteiger partial charge in [0.15, 0.2) is 0 Å². The summed E-state index contributed by atoms with van der Waals surface area (Å²) in [6, 6.07) is 10.1. The summed E-state index contributed by atoms with van der Waals surface area (Å²) in [5, 5.41) is 2.91. The molecule has 150 valence electrons. The Bertz CT molecular complexity index is 728. The van der Waals surface area contributed by atoms with E-state index in [0.29, 0.717) is 26.1 Å². The lowest BCUT2D eigenvalue weighted by molar-refractivity contribution is -0.144. The molecule has 0 aromatic heterocycles. The van der Waals surface area contributed by atoms with Gasteiger partial charge in [-0.2, -0.15) is 0 Å². The van der Waals surface area contributed by atoms with Crippen molar-refractivity contribution < 1.29 is 14.4 Å². The van der Waals surface area contributed by atoms with Gasteiger partial charge in [0.1, 0.15) is 0 Å². The molecule has 1 N–H and O–H groups in total. The van der Waals surface area contributed by atoms with Crippen molar-refractivity contribution in [2.75, 3.05) is 26.2 Å². The maximum absolute atomic E-state index is 13.1. The molecule has 1 aromatic carbocycles. The van der Waals surface area contributed by atoms with E-state index in [1.165, 1.54) is 5.56 Å². The van der Waals surface area contributed by atoms with Gasteiger partial charge in [-0.15, -0.1) is 0 Å². The molecule has 0 aliphatic carbocycles. The first-order chi connectivity index (χ1) is 13.6. The molecule has 0 radical (unpaired) electrons. The van der Waals surface area contributed by atoms with Crippen LogP contribution in [0.25, 0.3) is 0 Å². The molecule has 4 rings (SSSR count). The zero-order valence-corrected chi connectivity index (χ0v) is 16.3. The van der Waals surface area contributed by atoms with Crippen molar-refractivity contribution in [3.05, 3.63) is 35.9 Å². The second kappa shape index (κ2) is 8.33. The Morgan fingerprint density at radius 1 is 1.04 bits per heavy atom. The molecule has 3 aliphatic rings. The van der Waals surface area contributed by atoms with Gasteiger partial charge in [-0.1, -0.05) is 30.3 Å². The number of aryl methyl sites for hydroxylation is 1. The van der Waals surface area contributed by atoms with Crippen LogP contribution in [-0.2, 0) is 20.8 Å². The number of hydrogen-bond donors (Lipinski definition) is 1. The van der Waals surface area contributed by atoms with Gasteiger partial charge < -0.3 is 15.1 Å². The lowest BCUT2D eigenvalue weighted by atomic mass is 9.88. The zero-order valence-electron chi connectivity index (χ0n) is 16.3. The van der Waals surface area contributed by atoms with Crippen LogP contribution in [0, 0.1) is 11.8 Å². The Morgan fingerprint density at radius 2 is 1.79 bits per heavy atom. The summed E-state index contributed by atoms with van der Waals surface area (Å²) >= 11 is 0. The summed E-state index contributed by atoms with van der Waals surface area (Å²) in [6.07, 6.45) is 4.52. The van der Waals surface area contributed by atoms with E-state index in [2.05, 4.69) is 5.32 Å². The maximum Gasteiger partial charge on any atom is 0.226 e. The average molecular weight is 383 g/mol. The average Bonchev–Trinajstić information content (AvgIpc) is 3.13. The number of rotatable bonds is 4. The second-order valence-electron chi connectivity index (χ2n) is 8.23. The molecule has 3 fully saturated rings. The Balaban J connectivity index is 1.27. The number of likely N-dealkylation sites (tertiary alicyclic amines) is 2. The number of nitrogens with one attached hydrogen (secondary N) is 1. The van der Waals surface area contributed by atoms with Gasteiger partial charge in [0.25, 0.3) is 0 Å². The van der Waals surface area contributed by atoms with Gasteiger partial charge in [-0.3, -0.25) is 14.4 Å². The first-order valence-corrected chi connectivity index (χ1v) is 10.5. The van der Waals surface area contributed by atoms with Gasteiger partial charge in [0.2, 0.25) is 17.7 Å². The van der Waals surface area contributed by atoms with Crippen LogP contribution in [0.4, 0.5) is 0 Å². The van der Waals surface area contributed by atoms with Crippen molar-refractivity contribution in [2.24, 2.45) is 11.8 Å². The van der Waals surface area contributed by atoms with E-state index in [9.17, 15) is 14.4 Å². The van der Waals surface area contributed by atoms with E-state index in [4.69, 9.17) is 0 Å². The number of carbonyl (C=O) groups is 3. The normalized spacial score (nSPS) is 25.4. The first kappa shape index (κ1) is 19.0. The SMILES string of the molecule is O=C1NCC2C1CCCN2C(=O)C1CCN(C(=O)CCc2ccccc2)CC1. The largest absolute Gasteiger partial charge is 0.354 e. The summed E-state index contributed by atoms with van der Waals surface area (Å²) in [5.74, 6) is 0.410. The minimum atomic E-state index is -0.0302. The number of fused-ring (bicyclic) bond motifs is 1. The molecule has 6 nitrogen and oxygen atoms in total. The summed E-state index contributed by atoms with van der Waals surface area (Å²) in [5.41, 5.74) is 1.18. The molecule has 3 saturated heterocycles. The second-order valence-corrected chi connectivity index (χ2v) is 8.23. The monoisotopic (exact) mass is 383 g/mol.